The molecular formula is C6H13BrO. The molecule has 0 saturated heterocycles. The van der Waals surface area contributed by atoms with Crippen LogP contribution in [0.25, 0.3) is 0 Å². The number of halogens is 1. The quantitative estimate of drug-likeness (QED) is 0.662. The van der Waals surface area contributed by atoms with Crippen LogP contribution >= 0.6 is 15.9 Å². The molecule has 0 saturated carbocycles. The lowest BCUT2D eigenvalue weighted by atomic mass is 10.2. The summed E-state index contributed by atoms with van der Waals surface area (Å²) in [6.07, 6.45) is 2.64. The summed E-state index contributed by atoms with van der Waals surface area (Å²) >= 11 is 3.20. The monoisotopic (exact) mass is 180 g/mol. The third-order valence-corrected chi connectivity index (χ3v) is 2.13. The average Bonchev–Trinajstić information content (AvgIpc) is 1.67. The standard InChI is InChI=1S/C6H13BrO/c1-3-5-6(7,8)4-2/h8H,3-5H2,1-2H3. The predicted molar refractivity (Wildman–Crippen MR) is 39.1 cm³/mol. The van der Waals surface area contributed by atoms with Gasteiger partial charge in [0.2, 0.25) is 0 Å². The highest BCUT2D eigenvalue weighted by Crippen LogP contribution is 2.23. The molecule has 0 aliphatic heterocycles. The van der Waals surface area contributed by atoms with Gasteiger partial charge >= 0.3 is 0 Å². The summed E-state index contributed by atoms with van der Waals surface area (Å²) < 4.78 is -0.595. The minimum absolute atomic E-state index is 0.595. The Morgan fingerprint density at radius 3 is 2.12 bits per heavy atom. The topological polar surface area (TPSA) is 20.2 Å². The lowest BCUT2D eigenvalue weighted by molar-refractivity contribution is 0.130. The van der Waals surface area contributed by atoms with Crippen LogP contribution in [0.3, 0.4) is 0 Å². The molecule has 2 heteroatoms. The van der Waals surface area contributed by atoms with Crippen molar-refractivity contribution in [3.05, 3.63) is 0 Å². The maximum atomic E-state index is 9.24. The third kappa shape index (κ3) is 3.44. The zero-order valence-electron chi connectivity index (χ0n) is 5.45. The maximum absolute atomic E-state index is 9.24. The molecule has 1 atom stereocenters. The van der Waals surface area contributed by atoms with Crippen molar-refractivity contribution >= 4 is 15.9 Å². The lowest BCUT2D eigenvalue weighted by Crippen LogP contribution is -2.16. The Bertz CT molecular complexity index is 61.5. The van der Waals surface area contributed by atoms with E-state index in [1.54, 1.807) is 0 Å². The molecule has 0 fully saturated rings. The van der Waals surface area contributed by atoms with Crippen molar-refractivity contribution in [2.24, 2.45) is 0 Å². The van der Waals surface area contributed by atoms with Crippen LogP contribution in [0, 0.1) is 0 Å². The first-order valence-corrected chi connectivity index (χ1v) is 3.83. The van der Waals surface area contributed by atoms with Gasteiger partial charge in [-0.3, -0.25) is 0 Å². The first-order chi connectivity index (χ1) is 3.62. The van der Waals surface area contributed by atoms with Crippen LogP contribution in [0.4, 0.5) is 0 Å². The van der Waals surface area contributed by atoms with E-state index in [-0.39, 0.29) is 0 Å². The zero-order chi connectivity index (χ0) is 6.62. The Morgan fingerprint density at radius 2 is 2.00 bits per heavy atom. The number of rotatable bonds is 3. The van der Waals surface area contributed by atoms with Crippen molar-refractivity contribution < 1.29 is 5.11 Å². The minimum Gasteiger partial charge on any atom is -0.379 e. The van der Waals surface area contributed by atoms with Gasteiger partial charge in [-0.15, -0.1) is 0 Å². The van der Waals surface area contributed by atoms with Crippen LogP contribution in [0.2, 0.25) is 0 Å². The van der Waals surface area contributed by atoms with E-state index in [1.165, 1.54) is 0 Å². The van der Waals surface area contributed by atoms with E-state index in [2.05, 4.69) is 22.9 Å². The Morgan fingerprint density at radius 1 is 1.50 bits per heavy atom. The number of hydrogen-bond donors (Lipinski definition) is 1. The molecule has 0 radical (unpaired) electrons. The SMILES string of the molecule is CCCC(O)(Br)CC. The van der Waals surface area contributed by atoms with Crippen LogP contribution < -0.4 is 0 Å². The summed E-state index contributed by atoms with van der Waals surface area (Å²) in [5.74, 6) is 0. The third-order valence-electron chi connectivity index (χ3n) is 1.17. The van der Waals surface area contributed by atoms with Crippen LogP contribution in [0.15, 0.2) is 0 Å². The van der Waals surface area contributed by atoms with Crippen molar-refractivity contribution in [1.29, 1.82) is 0 Å². The molecule has 0 amide bonds. The second-order valence-corrected chi connectivity index (χ2v) is 3.50. The fraction of sp³-hybridized carbons (Fsp3) is 1.00. The van der Waals surface area contributed by atoms with Gasteiger partial charge in [0.1, 0.15) is 4.51 Å². The fourth-order valence-electron chi connectivity index (χ4n) is 0.560. The molecule has 0 aromatic rings. The van der Waals surface area contributed by atoms with Gasteiger partial charge in [-0.05, 0) is 12.8 Å². The Kier molecular flexibility index (Phi) is 3.65. The summed E-state index contributed by atoms with van der Waals surface area (Å²) in [7, 11) is 0. The van der Waals surface area contributed by atoms with Crippen molar-refractivity contribution in [2.45, 2.75) is 37.6 Å². The molecule has 0 aliphatic rings. The number of alkyl halides is 1. The van der Waals surface area contributed by atoms with Crippen LogP contribution in [-0.2, 0) is 0 Å². The first kappa shape index (κ1) is 8.44. The molecule has 0 aromatic carbocycles. The summed E-state index contributed by atoms with van der Waals surface area (Å²) in [4.78, 5) is 0. The molecule has 1 unspecified atom stereocenters. The summed E-state index contributed by atoms with van der Waals surface area (Å²) in [5, 5.41) is 9.24. The van der Waals surface area contributed by atoms with E-state index in [0.717, 1.165) is 19.3 Å². The lowest BCUT2D eigenvalue weighted by Gasteiger charge is -2.16. The van der Waals surface area contributed by atoms with Gasteiger partial charge in [-0.25, -0.2) is 0 Å². The van der Waals surface area contributed by atoms with E-state index in [9.17, 15) is 5.11 Å². The maximum Gasteiger partial charge on any atom is 0.119 e. The van der Waals surface area contributed by atoms with Crippen molar-refractivity contribution in [3.63, 3.8) is 0 Å². The largest absolute Gasteiger partial charge is 0.379 e. The Labute approximate surface area is 59.2 Å². The van der Waals surface area contributed by atoms with Gasteiger partial charge in [-0.2, -0.15) is 0 Å². The van der Waals surface area contributed by atoms with Crippen LogP contribution in [-0.4, -0.2) is 9.62 Å². The van der Waals surface area contributed by atoms with E-state index in [1.807, 2.05) is 6.92 Å². The van der Waals surface area contributed by atoms with E-state index in [0.29, 0.717) is 0 Å². The smallest absolute Gasteiger partial charge is 0.119 e. The summed E-state index contributed by atoms with van der Waals surface area (Å²) in [6, 6.07) is 0. The van der Waals surface area contributed by atoms with Crippen molar-refractivity contribution in [1.82, 2.24) is 0 Å². The zero-order valence-corrected chi connectivity index (χ0v) is 7.03. The van der Waals surface area contributed by atoms with Crippen molar-refractivity contribution in [3.8, 4) is 0 Å². The van der Waals surface area contributed by atoms with E-state index >= 15 is 0 Å². The van der Waals surface area contributed by atoms with Gasteiger partial charge in [0.15, 0.2) is 0 Å². The van der Waals surface area contributed by atoms with Gasteiger partial charge < -0.3 is 5.11 Å². The second kappa shape index (κ2) is 3.46. The molecule has 1 N–H and O–H groups in total. The Balaban J connectivity index is 3.37. The van der Waals surface area contributed by atoms with Crippen molar-refractivity contribution in [2.75, 3.05) is 0 Å². The second-order valence-electron chi connectivity index (χ2n) is 2.02. The van der Waals surface area contributed by atoms with Gasteiger partial charge in [0, 0.05) is 0 Å². The number of aliphatic hydroxyl groups is 1. The molecule has 0 aliphatic carbocycles. The molecule has 0 rings (SSSR count). The highest BCUT2D eigenvalue weighted by Gasteiger charge is 2.17. The van der Waals surface area contributed by atoms with Crippen LogP contribution in [0.1, 0.15) is 33.1 Å². The first-order valence-electron chi connectivity index (χ1n) is 3.03. The fourth-order valence-corrected chi connectivity index (χ4v) is 0.956. The molecular weight excluding hydrogens is 168 g/mol. The van der Waals surface area contributed by atoms with E-state index in [4.69, 9.17) is 0 Å². The molecule has 0 aromatic heterocycles. The molecule has 0 spiro atoms. The number of hydrogen-bond acceptors (Lipinski definition) is 1. The highest BCUT2D eigenvalue weighted by molar-refractivity contribution is 9.10. The molecule has 8 heavy (non-hydrogen) atoms. The van der Waals surface area contributed by atoms with Gasteiger partial charge in [-0.1, -0.05) is 36.2 Å². The predicted octanol–water partition coefficient (Wildman–Crippen LogP) is 2.28. The average molecular weight is 181 g/mol. The van der Waals surface area contributed by atoms with Gasteiger partial charge in [0.25, 0.3) is 0 Å². The summed E-state index contributed by atoms with van der Waals surface area (Å²) in [5.41, 5.74) is 0. The van der Waals surface area contributed by atoms with E-state index < -0.39 is 4.51 Å². The molecule has 50 valence electrons. The molecule has 1 nitrogen and oxygen atoms in total. The summed E-state index contributed by atoms with van der Waals surface area (Å²) in [6.45, 7) is 4.02. The highest BCUT2D eigenvalue weighted by atomic mass is 79.9. The normalized spacial score (nSPS) is 18.0. The Hall–Kier alpha value is 0.440. The van der Waals surface area contributed by atoms with Crippen LogP contribution in [0.5, 0.6) is 0 Å². The van der Waals surface area contributed by atoms with Gasteiger partial charge in [0.05, 0.1) is 0 Å². The minimum atomic E-state index is -0.595. The molecule has 0 heterocycles. The molecule has 0 bridgehead atoms.